The molecular formula is C9H19NO2. The van der Waals surface area contributed by atoms with Crippen LogP contribution in [0.5, 0.6) is 0 Å². The van der Waals surface area contributed by atoms with Gasteiger partial charge in [0.1, 0.15) is 0 Å². The molecule has 0 heterocycles. The van der Waals surface area contributed by atoms with Crippen LogP contribution in [0.3, 0.4) is 0 Å². The summed E-state index contributed by atoms with van der Waals surface area (Å²) in [5.74, 6) is 0.0541. The first kappa shape index (κ1) is 11.4. The van der Waals surface area contributed by atoms with E-state index in [9.17, 15) is 4.79 Å². The number of hydrogen-bond acceptors (Lipinski definition) is 2. The second kappa shape index (κ2) is 6.00. The SMILES string of the molecule is CCCON(C(=O)CC)C(C)C. The highest BCUT2D eigenvalue weighted by molar-refractivity contribution is 5.74. The fourth-order valence-corrected chi connectivity index (χ4v) is 0.855. The van der Waals surface area contributed by atoms with Gasteiger partial charge in [0.15, 0.2) is 0 Å². The fourth-order valence-electron chi connectivity index (χ4n) is 0.855. The molecule has 0 radical (unpaired) electrons. The Labute approximate surface area is 74.6 Å². The van der Waals surface area contributed by atoms with Gasteiger partial charge in [-0.05, 0) is 20.3 Å². The first-order chi connectivity index (χ1) is 5.63. The number of nitrogens with zero attached hydrogens (tertiary/aromatic N) is 1. The van der Waals surface area contributed by atoms with Crippen LogP contribution in [0.1, 0.15) is 40.5 Å². The number of amides is 1. The summed E-state index contributed by atoms with van der Waals surface area (Å²) < 4.78 is 0. The van der Waals surface area contributed by atoms with Crippen molar-refractivity contribution in [1.82, 2.24) is 5.06 Å². The van der Waals surface area contributed by atoms with E-state index in [4.69, 9.17) is 4.84 Å². The van der Waals surface area contributed by atoms with E-state index in [-0.39, 0.29) is 11.9 Å². The van der Waals surface area contributed by atoms with Crippen molar-refractivity contribution >= 4 is 5.91 Å². The van der Waals surface area contributed by atoms with Crippen LogP contribution in [0.4, 0.5) is 0 Å². The molecule has 0 aliphatic carbocycles. The maximum atomic E-state index is 11.3. The molecule has 12 heavy (non-hydrogen) atoms. The summed E-state index contributed by atoms with van der Waals surface area (Å²) in [5.41, 5.74) is 0. The number of hydroxylamine groups is 2. The van der Waals surface area contributed by atoms with Gasteiger partial charge < -0.3 is 0 Å². The predicted octanol–water partition coefficient (Wildman–Crippen LogP) is 1.97. The molecule has 0 saturated carbocycles. The summed E-state index contributed by atoms with van der Waals surface area (Å²) >= 11 is 0. The molecule has 3 nitrogen and oxygen atoms in total. The van der Waals surface area contributed by atoms with Crippen molar-refractivity contribution in [2.75, 3.05) is 6.61 Å². The predicted molar refractivity (Wildman–Crippen MR) is 48.5 cm³/mol. The van der Waals surface area contributed by atoms with E-state index < -0.39 is 0 Å². The minimum atomic E-state index is 0.0541. The van der Waals surface area contributed by atoms with Gasteiger partial charge in [-0.1, -0.05) is 13.8 Å². The lowest BCUT2D eigenvalue weighted by Crippen LogP contribution is -2.36. The lowest BCUT2D eigenvalue weighted by atomic mass is 10.3. The molecule has 0 N–H and O–H groups in total. The van der Waals surface area contributed by atoms with Crippen molar-refractivity contribution in [3.05, 3.63) is 0 Å². The van der Waals surface area contributed by atoms with Gasteiger partial charge >= 0.3 is 0 Å². The van der Waals surface area contributed by atoms with Crippen molar-refractivity contribution in [2.24, 2.45) is 0 Å². The maximum Gasteiger partial charge on any atom is 0.246 e. The largest absolute Gasteiger partial charge is 0.273 e. The Hall–Kier alpha value is -0.570. The Balaban J connectivity index is 3.95. The molecule has 0 aliphatic heterocycles. The van der Waals surface area contributed by atoms with Gasteiger partial charge in [-0.2, -0.15) is 0 Å². The summed E-state index contributed by atoms with van der Waals surface area (Å²) in [6.07, 6.45) is 1.43. The number of hydrogen-bond donors (Lipinski definition) is 0. The Morgan fingerprint density at radius 1 is 1.42 bits per heavy atom. The molecule has 3 heteroatoms. The topological polar surface area (TPSA) is 29.5 Å². The molecule has 0 bridgehead atoms. The molecule has 0 saturated heterocycles. The summed E-state index contributed by atoms with van der Waals surface area (Å²) in [7, 11) is 0. The van der Waals surface area contributed by atoms with Crippen LogP contribution in [0.15, 0.2) is 0 Å². The lowest BCUT2D eigenvalue weighted by Gasteiger charge is -2.24. The molecule has 72 valence electrons. The second-order valence-corrected chi connectivity index (χ2v) is 3.00. The summed E-state index contributed by atoms with van der Waals surface area (Å²) in [6.45, 7) is 8.37. The van der Waals surface area contributed by atoms with E-state index in [1.54, 1.807) is 0 Å². The molecule has 0 unspecified atom stereocenters. The highest BCUT2D eigenvalue weighted by Crippen LogP contribution is 2.02. The molecule has 0 atom stereocenters. The van der Waals surface area contributed by atoms with Crippen molar-refractivity contribution in [1.29, 1.82) is 0 Å². The third kappa shape index (κ3) is 3.72. The first-order valence-electron chi connectivity index (χ1n) is 4.58. The van der Waals surface area contributed by atoms with Crippen LogP contribution in [0.2, 0.25) is 0 Å². The zero-order valence-corrected chi connectivity index (χ0v) is 8.46. The zero-order valence-electron chi connectivity index (χ0n) is 8.46. The lowest BCUT2D eigenvalue weighted by molar-refractivity contribution is -0.196. The Morgan fingerprint density at radius 2 is 2.00 bits per heavy atom. The van der Waals surface area contributed by atoms with Crippen molar-refractivity contribution < 1.29 is 9.63 Å². The molecule has 0 aromatic carbocycles. The van der Waals surface area contributed by atoms with E-state index in [1.165, 1.54) is 5.06 Å². The molecule has 1 amide bonds. The van der Waals surface area contributed by atoms with Crippen molar-refractivity contribution in [3.8, 4) is 0 Å². The molecule has 0 fully saturated rings. The average Bonchev–Trinajstić information content (AvgIpc) is 2.04. The summed E-state index contributed by atoms with van der Waals surface area (Å²) in [4.78, 5) is 16.5. The number of carbonyl (C=O) groups excluding carboxylic acids is 1. The average molecular weight is 173 g/mol. The van der Waals surface area contributed by atoms with E-state index in [0.29, 0.717) is 13.0 Å². The molecule has 0 spiro atoms. The standard InChI is InChI=1S/C9H19NO2/c1-5-7-12-10(8(3)4)9(11)6-2/h8H,5-7H2,1-4H3. The minimum Gasteiger partial charge on any atom is -0.273 e. The highest BCUT2D eigenvalue weighted by atomic mass is 16.7. The van der Waals surface area contributed by atoms with Crippen LogP contribution in [-0.2, 0) is 9.63 Å². The van der Waals surface area contributed by atoms with Crippen LogP contribution < -0.4 is 0 Å². The van der Waals surface area contributed by atoms with Gasteiger partial charge in [0, 0.05) is 6.42 Å². The van der Waals surface area contributed by atoms with Crippen LogP contribution in [-0.4, -0.2) is 23.6 Å². The van der Waals surface area contributed by atoms with Gasteiger partial charge in [-0.3, -0.25) is 9.63 Å². The maximum absolute atomic E-state index is 11.3. The van der Waals surface area contributed by atoms with Gasteiger partial charge in [0.25, 0.3) is 0 Å². The number of rotatable bonds is 5. The highest BCUT2D eigenvalue weighted by Gasteiger charge is 2.14. The van der Waals surface area contributed by atoms with Crippen LogP contribution in [0, 0.1) is 0 Å². The Kier molecular flexibility index (Phi) is 5.72. The zero-order chi connectivity index (χ0) is 9.56. The molecule has 0 aliphatic rings. The molecule has 0 aromatic rings. The van der Waals surface area contributed by atoms with Gasteiger partial charge in [0.2, 0.25) is 5.91 Å². The van der Waals surface area contributed by atoms with Crippen LogP contribution >= 0.6 is 0 Å². The van der Waals surface area contributed by atoms with E-state index in [1.807, 2.05) is 27.7 Å². The quantitative estimate of drug-likeness (QED) is 0.595. The molecule has 0 aromatic heterocycles. The normalized spacial score (nSPS) is 10.4. The van der Waals surface area contributed by atoms with Crippen molar-refractivity contribution in [3.63, 3.8) is 0 Å². The number of carbonyl (C=O) groups is 1. The fraction of sp³-hybridized carbons (Fsp3) is 0.889. The summed E-state index contributed by atoms with van der Waals surface area (Å²) in [6, 6.07) is 0.129. The molecular weight excluding hydrogens is 154 g/mol. The smallest absolute Gasteiger partial charge is 0.246 e. The monoisotopic (exact) mass is 173 g/mol. The van der Waals surface area contributed by atoms with E-state index >= 15 is 0 Å². The minimum absolute atomic E-state index is 0.0541. The Bertz CT molecular complexity index is 134. The van der Waals surface area contributed by atoms with Crippen LogP contribution in [0.25, 0.3) is 0 Å². The third-order valence-electron chi connectivity index (χ3n) is 1.45. The molecule has 0 rings (SSSR count). The van der Waals surface area contributed by atoms with E-state index in [0.717, 1.165) is 6.42 Å². The van der Waals surface area contributed by atoms with Gasteiger partial charge in [0.05, 0.1) is 12.6 Å². The second-order valence-electron chi connectivity index (χ2n) is 3.00. The first-order valence-corrected chi connectivity index (χ1v) is 4.58. The van der Waals surface area contributed by atoms with Gasteiger partial charge in [-0.15, -0.1) is 0 Å². The third-order valence-corrected chi connectivity index (χ3v) is 1.45. The van der Waals surface area contributed by atoms with Crippen molar-refractivity contribution in [2.45, 2.75) is 46.6 Å². The Morgan fingerprint density at radius 3 is 2.33 bits per heavy atom. The summed E-state index contributed by atoms with van der Waals surface area (Å²) in [5, 5.41) is 1.46. The van der Waals surface area contributed by atoms with Gasteiger partial charge in [-0.25, -0.2) is 5.06 Å². The van der Waals surface area contributed by atoms with E-state index in [2.05, 4.69) is 0 Å².